The van der Waals surface area contributed by atoms with Crippen molar-refractivity contribution in [2.24, 2.45) is 0 Å². The number of imidazole rings is 1. The van der Waals surface area contributed by atoms with Crippen LogP contribution in [0.3, 0.4) is 0 Å². The van der Waals surface area contributed by atoms with Gasteiger partial charge in [0.15, 0.2) is 5.65 Å². The van der Waals surface area contributed by atoms with Gasteiger partial charge in [-0.1, -0.05) is 0 Å². The molecular weight excluding hydrogens is 318 g/mol. The predicted octanol–water partition coefficient (Wildman–Crippen LogP) is 2.37. The Morgan fingerprint density at radius 3 is 2.96 bits per heavy atom. The van der Waals surface area contributed by atoms with Crippen LogP contribution in [0.2, 0.25) is 0 Å². The van der Waals surface area contributed by atoms with Crippen molar-refractivity contribution in [2.45, 2.75) is 19.3 Å². The third-order valence-corrected chi connectivity index (χ3v) is 4.52. The highest BCUT2D eigenvalue weighted by molar-refractivity contribution is 5.82. The Kier molecular flexibility index (Phi) is 3.06. The third-order valence-electron chi connectivity index (χ3n) is 4.52. The van der Waals surface area contributed by atoms with E-state index in [1.807, 2.05) is 12.1 Å². The van der Waals surface area contributed by atoms with E-state index in [0.29, 0.717) is 29.3 Å². The average Bonchev–Trinajstić information content (AvgIpc) is 2.96. The third kappa shape index (κ3) is 2.20. The summed E-state index contributed by atoms with van der Waals surface area (Å²) in [7, 11) is 0. The van der Waals surface area contributed by atoms with E-state index >= 15 is 0 Å². The van der Waals surface area contributed by atoms with Crippen molar-refractivity contribution in [3.8, 4) is 11.6 Å². The molecule has 0 saturated carbocycles. The summed E-state index contributed by atoms with van der Waals surface area (Å²) >= 11 is 0. The molecule has 0 atom stereocenters. The number of ether oxygens (including phenoxy) is 1. The normalized spacial score (nSPS) is 14.2. The number of aromatic amines is 1. The Bertz CT molecular complexity index is 1160. The fourth-order valence-corrected chi connectivity index (χ4v) is 3.33. The predicted molar refractivity (Wildman–Crippen MR) is 93.2 cm³/mol. The molecule has 1 aliphatic heterocycles. The molecule has 0 spiro atoms. The zero-order chi connectivity index (χ0) is 16.8. The van der Waals surface area contributed by atoms with Crippen LogP contribution in [-0.2, 0) is 6.42 Å². The van der Waals surface area contributed by atoms with Crippen LogP contribution in [0.25, 0.3) is 28.0 Å². The molecule has 1 aliphatic rings. The first kappa shape index (κ1) is 14.2. The summed E-state index contributed by atoms with van der Waals surface area (Å²) in [6.45, 7) is 0.591. The second kappa shape index (κ2) is 5.41. The molecule has 4 aromatic rings. The van der Waals surface area contributed by atoms with Crippen LogP contribution in [0.15, 0.2) is 41.5 Å². The standard InChI is InChI=1S/C18H15N5O2/c24-18-22-17-16-13(7-9-20-17)25-10-2-1-3-11-6-8-19-12-4-5-14(23(16)18)21-15(11)12/h4-9H,1-3,10H2,(H,20,22,24). The Balaban J connectivity index is 1.89. The number of pyridine rings is 3. The maximum absolute atomic E-state index is 12.6. The zero-order valence-corrected chi connectivity index (χ0v) is 13.4. The number of rotatable bonds is 0. The Labute approximate surface area is 142 Å². The molecule has 5 heterocycles. The van der Waals surface area contributed by atoms with Crippen LogP contribution >= 0.6 is 0 Å². The average molecular weight is 333 g/mol. The first-order valence-corrected chi connectivity index (χ1v) is 8.29. The van der Waals surface area contributed by atoms with Crippen molar-refractivity contribution in [1.29, 1.82) is 0 Å². The molecule has 25 heavy (non-hydrogen) atoms. The quantitative estimate of drug-likeness (QED) is 0.534. The van der Waals surface area contributed by atoms with Crippen LogP contribution in [0.4, 0.5) is 0 Å². The van der Waals surface area contributed by atoms with Gasteiger partial charge in [0.1, 0.15) is 17.1 Å². The summed E-state index contributed by atoms with van der Waals surface area (Å²) < 4.78 is 7.45. The Morgan fingerprint density at radius 2 is 2.00 bits per heavy atom. The summed E-state index contributed by atoms with van der Waals surface area (Å²) in [4.78, 5) is 28.7. The number of aromatic nitrogens is 5. The van der Waals surface area contributed by atoms with Gasteiger partial charge in [-0.05, 0) is 43.0 Å². The van der Waals surface area contributed by atoms with Gasteiger partial charge >= 0.3 is 5.69 Å². The number of H-pyrrole nitrogens is 1. The molecule has 0 fully saturated rings. The largest absolute Gasteiger partial charge is 0.491 e. The van der Waals surface area contributed by atoms with E-state index in [1.165, 1.54) is 4.57 Å². The summed E-state index contributed by atoms with van der Waals surface area (Å²) in [6, 6.07) is 7.48. The van der Waals surface area contributed by atoms with Gasteiger partial charge in [0, 0.05) is 18.5 Å². The van der Waals surface area contributed by atoms with Gasteiger partial charge in [-0.2, -0.15) is 0 Å². The fourth-order valence-electron chi connectivity index (χ4n) is 3.33. The maximum atomic E-state index is 12.6. The highest BCUT2D eigenvalue weighted by Gasteiger charge is 2.17. The van der Waals surface area contributed by atoms with E-state index in [9.17, 15) is 4.79 Å². The summed E-state index contributed by atoms with van der Waals surface area (Å²) in [5.74, 6) is 1.17. The minimum absolute atomic E-state index is 0.284. The fraction of sp³-hybridized carbons (Fsp3) is 0.222. The molecular formula is C18H15N5O2. The van der Waals surface area contributed by atoms with Gasteiger partial charge in [0.05, 0.1) is 17.6 Å². The van der Waals surface area contributed by atoms with Gasteiger partial charge in [0.2, 0.25) is 0 Å². The second-order valence-electron chi connectivity index (χ2n) is 6.08. The molecule has 7 nitrogen and oxygen atoms in total. The van der Waals surface area contributed by atoms with Crippen LogP contribution in [0.1, 0.15) is 18.4 Å². The lowest BCUT2D eigenvalue weighted by atomic mass is 10.1. The number of hydrogen-bond donors (Lipinski definition) is 1. The Morgan fingerprint density at radius 1 is 1.08 bits per heavy atom. The zero-order valence-electron chi connectivity index (χ0n) is 13.4. The van der Waals surface area contributed by atoms with Gasteiger partial charge in [0.25, 0.3) is 0 Å². The van der Waals surface area contributed by atoms with Gasteiger partial charge in [-0.25, -0.2) is 19.3 Å². The molecule has 0 aromatic carbocycles. The molecule has 0 amide bonds. The molecule has 0 unspecified atom stereocenters. The van der Waals surface area contributed by atoms with Crippen molar-refractivity contribution in [1.82, 2.24) is 24.5 Å². The van der Waals surface area contributed by atoms with Gasteiger partial charge in [-0.3, -0.25) is 9.97 Å². The number of nitrogens with zero attached hydrogens (tertiary/aromatic N) is 4. The summed E-state index contributed by atoms with van der Waals surface area (Å²) in [5.41, 5.74) is 3.64. The molecule has 5 rings (SSSR count). The van der Waals surface area contributed by atoms with Crippen molar-refractivity contribution in [2.75, 3.05) is 6.61 Å². The topological polar surface area (TPSA) is 85.7 Å². The molecule has 2 bridgehead atoms. The van der Waals surface area contributed by atoms with Crippen molar-refractivity contribution >= 4 is 22.2 Å². The van der Waals surface area contributed by atoms with E-state index in [2.05, 4.69) is 15.0 Å². The molecule has 124 valence electrons. The second-order valence-corrected chi connectivity index (χ2v) is 6.08. The van der Waals surface area contributed by atoms with Crippen molar-refractivity contribution in [3.63, 3.8) is 0 Å². The number of hydrogen-bond acceptors (Lipinski definition) is 5. The van der Waals surface area contributed by atoms with Gasteiger partial charge in [-0.15, -0.1) is 0 Å². The number of aryl methyl sites for hydroxylation is 1. The minimum atomic E-state index is -0.284. The van der Waals surface area contributed by atoms with Crippen LogP contribution in [-0.4, -0.2) is 31.1 Å². The van der Waals surface area contributed by atoms with E-state index in [-0.39, 0.29) is 5.69 Å². The highest BCUT2D eigenvalue weighted by atomic mass is 16.5. The van der Waals surface area contributed by atoms with E-state index < -0.39 is 0 Å². The van der Waals surface area contributed by atoms with E-state index in [1.54, 1.807) is 24.5 Å². The summed E-state index contributed by atoms with van der Waals surface area (Å²) in [5, 5.41) is 0. The van der Waals surface area contributed by atoms with E-state index in [0.717, 1.165) is 35.9 Å². The molecule has 1 N–H and O–H groups in total. The Hall–Kier alpha value is -3.22. The van der Waals surface area contributed by atoms with Gasteiger partial charge < -0.3 is 4.74 Å². The van der Waals surface area contributed by atoms with Crippen molar-refractivity contribution < 1.29 is 4.74 Å². The number of fused-ring (bicyclic) bond motifs is 2. The lowest BCUT2D eigenvalue weighted by Gasteiger charge is -2.12. The first-order chi connectivity index (χ1) is 12.3. The summed E-state index contributed by atoms with van der Waals surface area (Å²) in [6.07, 6.45) is 6.27. The molecule has 7 heteroatoms. The highest BCUT2D eigenvalue weighted by Crippen LogP contribution is 2.26. The lowest BCUT2D eigenvalue weighted by Crippen LogP contribution is -2.16. The van der Waals surface area contributed by atoms with E-state index in [4.69, 9.17) is 9.72 Å². The smallest absolute Gasteiger partial charge is 0.333 e. The lowest BCUT2D eigenvalue weighted by molar-refractivity contribution is 0.309. The SMILES string of the molecule is O=c1[nH]c2nccc3c2n1-c1ccc2nccc(c2n1)CCCCO3. The maximum Gasteiger partial charge on any atom is 0.333 e. The van der Waals surface area contributed by atoms with Crippen LogP contribution in [0.5, 0.6) is 5.75 Å². The van der Waals surface area contributed by atoms with Crippen molar-refractivity contribution in [3.05, 3.63) is 52.7 Å². The molecule has 0 saturated heterocycles. The number of nitrogens with one attached hydrogen (secondary N) is 1. The monoisotopic (exact) mass is 333 g/mol. The minimum Gasteiger partial charge on any atom is -0.491 e. The molecule has 0 radical (unpaired) electrons. The first-order valence-electron chi connectivity index (χ1n) is 8.29. The van der Waals surface area contributed by atoms with Crippen LogP contribution in [0, 0.1) is 0 Å². The molecule has 0 aliphatic carbocycles. The van der Waals surface area contributed by atoms with Crippen LogP contribution < -0.4 is 10.4 Å². The molecule has 4 aromatic heterocycles.